The lowest BCUT2D eigenvalue weighted by molar-refractivity contribution is -0.0481. The predicted octanol–water partition coefficient (Wildman–Crippen LogP) is 12.0. The Morgan fingerprint density at radius 3 is 1.12 bits per heavy atom. The molecule has 0 unspecified atom stereocenters. The minimum absolute atomic E-state index is 0.238. The highest BCUT2D eigenvalue weighted by Crippen LogP contribution is 2.14. The van der Waals surface area contributed by atoms with Gasteiger partial charge in [0.05, 0.1) is 12.2 Å². The van der Waals surface area contributed by atoms with Crippen molar-refractivity contribution in [2.75, 3.05) is 26.3 Å². The van der Waals surface area contributed by atoms with E-state index in [0.29, 0.717) is 0 Å². The van der Waals surface area contributed by atoms with Gasteiger partial charge in [-0.15, -0.1) is 0 Å². The summed E-state index contributed by atoms with van der Waals surface area (Å²) in [5, 5.41) is 3.47. The molecule has 0 aromatic heterocycles. The summed E-state index contributed by atoms with van der Waals surface area (Å²) >= 11 is 0. The molecule has 0 radical (unpaired) electrons. The van der Waals surface area contributed by atoms with Crippen LogP contribution in [-0.2, 0) is 9.47 Å². The van der Waals surface area contributed by atoms with Crippen molar-refractivity contribution in [2.24, 2.45) is 0 Å². The van der Waals surface area contributed by atoms with Crippen molar-refractivity contribution in [2.45, 2.75) is 180 Å². The molecule has 3 heteroatoms. The van der Waals surface area contributed by atoms with E-state index in [4.69, 9.17) is 9.47 Å². The summed E-state index contributed by atoms with van der Waals surface area (Å²) < 4.78 is 12.4. The highest BCUT2D eigenvalue weighted by atomic mass is 16.5. The number of hydrogen-bond acceptors (Lipinski definition) is 3. The smallest absolute Gasteiger partial charge is 0.0973 e. The third kappa shape index (κ3) is 28.1. The topological polar surface area (TPSA) is 30.5 Å². The quantitative estimate of drug-likeness (QED) is 0.0616. The average Bonchev–Trinajstić information content (AvgIpc) is 3.47. The molecule has 1 N–H and O–H groups in total. The highest BCUT2D eigenvalue weighted by molar-refractivity contribution is 4.93. The van der Waals surface area contributed by atoms with Crippen molar-refractivity contribution >= 4 is 0 Å². The molecule has 0 spiro atoms. The molecule has 250 valence electrons. The molecule has 0 aliphatic carbocycles. The average molecular weight is 600 g/mol. The van der Waals surface area contributed by atoms with Gasteiger partial charge >= 0.3 is 0 Å². The van der Waals surface area contributed by atoms with E-state index in [2.05, 4.69) is 67.8 Å². The third-order valence-corrected chi connectivity index (χ3v) is 8.46. The van der Waals surface area contributed by atoms with E-state index < -0.39 is 0 Å². The molecule has 0 saturated carbocycles. The Labute approximate surface area is 269 Å². The number of rotatable bonds is 32. The molecule has 1 rings (SSSR count). The third-order valence-electron chi connectivity index (χ3n) is 8.46. The zero-order valence-corrected chi connectivity index (χ0v) is 28.9. The van der Waals surface area contributed by atoms with Crippen molar-refractivity contribution in [1.82, 2.24) is 5.32 Å². The Morgan fingerprint density at radius 1 is 0.419 bits per heavy atom. The van der Waals surface area contributed by atoms with Crippen LogP contribution < -0.4 is 5.32 Å². The van der Waals surface area contributed by atoms with Crippen LogP contribution in [0.2, 0.25) is 0 Å². The maximum Gasteiger partial charge on any atom is 0.0973 e. The van der Waals surface area contributed by atoms with E-state index in [1.807, 2.05) is 0 Å². The van der Waals surface area contributed by atoms with Crippen molar-refractivity contribution < 1.29 is 9.47 Å². The molecule has 43 heavy (non-hydrogen) atoms. The summed E-state index contributed by atoms with van der Waals surface area (Å²) in [5.41, 5.74) is 0. The van der Waals surface area contributed by atoms with Gasteiger partial charge in [-0.05, 0) is 77.0 Å². The van der Waals surface area contributed by atoms with Gasteiger partial charge < -0.3 is 14.8 Å². The zero-order chi connectivity index (χ0) is 30.7. The first kappa shape index (κ1) is 39.9. The summed E-state index contributed by atoms with van der Waals surface area (Å²) in [7, 11) is 0. The van der Waals surface area contributed by atoms with Crippen LogP contribution in [0.3, 0.4) is 0 Å². The Bertz CT molecular complexity index is 611. The number of nitrogens with one attached hydrogen (secondary N) is 1. The van der Waals surface area contributed by atoms with E-state index in [-0.39, 0.29) is 12.2 Å². The van der Waals surface area contributed by atoms with E-state index in [1.54, 1.807) is 0 Å². The van der Waals surface area contributed by atoms with Gasteiger partial charge in [-0.25, -0.2) is 0 Å². The first-order valence-corrected chi connectivity index (χ1v) is 18.9. The van der Waals surface area contributed by atoms with Crippen LogP contribution in [-0.4, -0.2) is 38.5 Å². The fourth-order valence-corrected chi connectivity index (χ4v) is 5.61. The van der Waals surface area contributed by atoms with Gasteiger partial charge in [-0.3, -0.25) is 0 Å². The number of ether oxygens (including phenoxy) is 2. The van der Waals surface area contributed by atoms with Crippen molar-refractivity contribution in [3.05, 3.63) is 48.6 Å². The second-order valence-corrected chi connectivity index (χ2v) is 12.6. The predicted molar refractivity (Wildman–Crippen MR) is 191 cm³/mol. The summed E-state index contributed by atoms with van der Waals surface area (Å²) in [6.07, 6.45) is 50.1. The minimum Gasteiger partial charge on any atom is -0.374 e. The lowest BCUT2D eigenvalue weighted by Gasteiger charge is -2.20. The molecule has 2 atom stereocenters. The van der Waals surface area contributed by atoms with Crippen LogP contribution in [0.25, 0.3) is 0 Å². The monoisotopic (exact) mass is 600 g/mol. The minimum atomic E-state index is 0.238. The Kier molecular flexibility index (Phi) is 31.3. The maximum atomic E-state index is 6.21. The van der Waals surface area contributed by atoms with Crippen LogP contribution in [0.4, 0.5) is 0 Å². The Hall–Kier alpha value is -1.16. The van der Waals surface area contributed by atoms with Gasteiger partial charge in [-0.1, -0.05) is 140 Å². The number of unbranched alkanes of at least 4 members (excludes halogenated alkanes) is 18. The molecular weight excluding hydrogens is 526 g/mol. The van der Waals surface area contributed by atoms with Crippen LogP contribution >= 0.6 is 0 Å². The van der Waals surface area contributed by atoms with Gasteiger partial charge in [0.2, 0.25) is 0 Å². The fourth-order valence-electron chi connectivity index (χ4n) is 5.61. The second kappa shape index (κ2) is 33.7. The molecule has 1 aliphatic heterocycles. The van der Waals surface area contributed by atoms with Gasteiger partial charge in [0.15, 0.2) is 0 Å². The van der Waals surface area contributed by atoms with Gasteiger partial charge in [0, 0.05) is 26.3 Å². The highest BCUT2D eigenvalue weighted by Gasteiger charge is 2.28. The van der Waals surface area contributed by atoms with Gasteiger partial charge in [-0.2, -0.15) is 0 Å². The van der Waals surface area contributed by atoms with E-state index in [9.17, 15) is 0 Å². The van der Waals surface area contributed by atoms with Crippen LogP contribution in [0, 0.1) is 0 Å². The van der Waals surface area contributed by atoms with E-state index in [1.165, 1.54) is 141 Å². The molecule has 0 bridgehead atoms. The van der Waals surface area contributed by atoms with Gasteiger partial charge in [0.1, 0.15) is 0 Å². The first-order chi connectivity index (χ1) is 21.4. The number of hydrogen-bond donors (Lipinski definition) is 1. The first-order valence-electron chi connectivity index (χ1n) is 18.9. The molecule has 0 aromatic carbocycles. The van der Waals surface area contributed by atoms with Crippen molar-refractivity contribution in [1.29, 1.82) is 0 Å². The normalized spacial score (nSPS) is 17.6. The Morgan fingerprint density at radius 2 is 0.744 bits per heavy atom. The van der Waals surface area contributed by atoms with Crippen LogP contribution in [0.5, 0.6) is 0 Å². The van der Waals surface area contributed by atoms with Gasteiger partial charge in [0.25, 0.3) is 0 Å². The van der Waals surface area contributed by atoms with E-state index in [0.717, 1.165) is 39.1 Å². The second-order valence-electron chi connectivity index (χ2n) is 12.6. The molecule has 1 fully saturated rings. The molecule has 0 amide bonds. The lowest BCUT2D eigenvalue weighted by Crippen LogP contribution is -2.30. The molecule has 3 nitrogen and oxygen atoms in total. The summed E-state index contributed by atoms with van der Waals surface area (Å²) in [5.74, 6) is 0. The molecule has 1 heterocycles. The summed E-state index contributed by atoms with van der Waals surface area (Å²) in [6.45, 7) is 8.17. The standard InChI is InChI=1S/C40H73NO2/c1-3-5-7-9-11-13-15-17-19-21-23-25-27-29-31-33-35-42-39-37-41-38-40(39)43-36-34-32-30-28-26-24-22-20-18-16-14-12-10-8-6-4-2/h11-14,17-20,39-41H,3-10,15-16,21-38H2,1-2H3/t39-,40-/m1/s1. The summed E-state index contributed by atoms with van der Waals surface area (Å²) in [4.78, 5) is 0. The molecule has 1 saturated heterocycles. The largest absolute Gasteiger partial charge is 0.374 e. The van der Waals surface area contributed by atoms with Crippen molar-refractivity contribution in [3.63, 3.8) is 0 Å². The molecular formula is C40H73NO2. The fraction of sp³-hybridized carbons (Fsp3) is 0.800. The molecule has 0 aromatic rings. The Balaban J connectivity index is 1.85. The lowest BCUT2D eigenvalue weighted by atomic mass is 10.1. The van der Waals surface area contributed by atoms with Crippen molar-refractivity contribution in [3.8, 4) is 0 Å². The zero-order valence-electron chi connectivity index (χ0n) is 28.9. The molecule has 1 aliphatic rings. The summed E-state index contributed by atoms with van der Waals surface area (Å²) in [6, 6.07) is 0. The maximum absolute atomic E-state index is 6.21. The van der Waals surface area contributed by atoms with Crippen LogP contribution in [0.1, 0.15) is 168 Å². The van der Waals surface area contributed by atoms with Crippen LogP contribution in [0.15, 0.2) is 48.6 Å². The van der Waals surface area contributed by atoms with E-state index >= 15 is 0 Å². The number of allylic oxidation sites excluding steroid dienone is 8. The SMILES string of the molecule is CCCCCC=CCC=CCCCCCCCCO[C@@H]1CNC[C@H]1OCCCCCCCCC=CCC=CCCCCC.